The Labute approximate surface area is 89.4 Å². The molecule has 0 aliphatic carbocycles. The lowest BCUT2D eigenvalue weighted by molar-refractivity contribution is 0.0699. The molecular formula is C12H16FNO. The van der Waals surface area contributed by atoms with Gasteiger partial charge in [-0.3, -0.25) is 0 Å². The van der Waals surface area contributed by atoms with Crippen LogP contribution in [0, 0.1) is 5.82 Å². The molecule has 82 valence electrons. The van der Waals surface area contributed by atoms with Crippen molar-refractivity contribution in [3.05, 3.63) is 35.6 Å². The summed E-state index contributed by atoms with van der Waals surface area (Å²) in [5.41, 5.74) is 1.11. The fraction of sp³-hybridized carbons (Fsp3) is 0.500. The highest BCUT2D eigenvalue weighted by molar-refractivity contribution is 5.15. The average Bonchev–Trinajstić information content (AvgIpc) is 2.30. The van der Waals surface area contributed by atoms with Crippen molar-refractivity contribution < 1.29 is 9.13 Å². The van der Waals surface area contributed by atoms with Crippen molar-refractivity contribution in [1.82, 2.24) is 5.32 Å². The highest BCUT2D eigenvalue weighted by Gasteiger charge is 2.12. The second-order valence-electron chi connectivity index (χ2n) is 3.92. The standard InChI is InChI=1S/C12H16FNO/c13-11-5-3-10(4-6-11)8-14-12-2-1-7-15-9-12/h3-6,12,14H,1-2,7-9H2. The summed E-state index contributed by atoms with van der Waals surface area (Å²) in [6.45, 7) is 2.46. The first kappa shape index (κ1) is 10.6. The maximum Gasteiger partial charge on any atom is 0.123 e. The van der Waals surface area contributed by atoms with Crippen LogP contribution in [0.3, 0.4) is 0 Å². The Bertz CT molecular complexity index is 293. The molecule has 3 heteroatoms. The van der Waals surface area contributed by atoms with Crippen molar-refractivity contribution >= 4 is 0 Å². The van der Waals surface area contributed by atoms with Crippen molar-refractivity contribution in [2.75, 3.05) is 13.2 Å². The van der Waals surface area contributed by atoms with E-state index in [9.17, 15) is 4.39 Å². The third-order valence-electron chi connectivity index (χ3n) is 2.67. The van der Waals surface area contributed by atoms with Gasteiger partial charge in [0.05, 0.1) is 6.61 Å². The van der Waals surface area contributed by atoms with Gasteiger partial charge in [-0.25, -0.2) is 4.39 Å². The van der Waals surface area contributed by atoms with Gasteiger partial charge in [-0.15, -0.1) is 0 Å². The van der Waals surface area contributed by atoms with Crippen molar-refractivity contribution in [3.63, 3.8) is 0 Å². The van der Waals surface area contributed by atoms with Crippen LogP contribution in [0.1, 0.15) is 18.4 Å². The van der Waals surface area contributed by atoms with Crippen molar-refractivity contribution in [2.45, 2.75) is 25.4 Å². The van der Waals surface area contributed by atoms with Crippen molar-refractivity contribution in [2.24, 2.45) is 0 Å². The average molecular weight is 209 g/mol. The topological polar surface area (TPSA) is 21.3 Å². The van der Waals surface area contributed by atoms with E-state index < -0.39 is 0 Å². The summed E-state index contributed by atoms with van der Waals surface area (Å²) >= 11 is 0. The summed E-state index contributed by atoms with van der Waals surface area (Å²) < 4.78 is 18.0. The summed E-state index contributed by atoms with van der Waals surface area (Å²) in [5, 5.41) is 3.41. The van der Waals surface area contributed by atoms with Gasteiger partial charge in [-0.05, 0) is 30.5 Å². The summed E-state index contributed by atoms with van der Waals surface area (Å²) in [5.74, 6) is -0.181. The van der Waals surface area contributed by atoms with E-state index in [1.807, 2.05) is 12.1 Å². The summed E-state index contributed by atoms with van der Waals surface area (Å²) in [6, 6.07) is 7.06. The molecule has 1 fully saturated rings. The Balaban J connectivity index is 1.79. The molecule has 1 saturated heterocycles. The second kappa shape index (κ2) is 5.24. The number of halogens is 1. The Morgan fingerprint density at radius 2 is 2.13 bits per heavy atom. The van der Waals surface area contributed by atoms with E-state index in [2.05, 4.69) is 5.32 Å². The molecule has 1 aliphatic rings. The van der Waals surface area contributed by atoms with Crippen LogP contribution in [-0.2, 0) is 11.3 Å². The highest BCUT2D eigenvalue weighted by atomic mass is 19.1. The Morgan fingerprint density at radius 1 is 1.33 bits per heavy atom. The van der Waals surface area contributed by atoms with Crippen molar-refractivity contribution in [1.29, 1.82) is 0 Å². The monoisotopic (exact) mass is 209 g/mol. The SMILES string of the molecule is Fc1ccc(CNC2CCCOC2)cc1. The number of nitrogens with one attached hydrogen (secondary N) is 1. The first-order valence-electron chi connectivity index (χ1n) is 5.40. The van der Waals surface area contributed by atoms with Gasteiger partial charge in [-0.1, -0.05) is 12.1 Å². The van der Waals surface area contributed by atoms with Gasteiger partial charge in [0.25, 0.3) is 0 Å². The molecule has 0 radical (unpaired) electrons. The van der Waals surface area contributed by atoms with Crippen LogP contribution in [-0.4, -0.2) is 19.3 Å². The zero-order chi connectivity index (χ0) is 10.5. The van der Waals surface area contributed by atoms with Gasteiger partial charge >= 0.3 is 0 Å². The molecule has 15 heavy (non-hydrogen) atoms. The Morgan fingerprint density at radius 3 is 2.80 bits per heavy atom. The molecule has 0 amide bonds. The smallest absolute Gasteiger partial charge is 0.123 e. The zero-order valence-electron chi connectivity index (χ0n) is 8.71. The third-order valence-corrected chi connectivity index (χ3v) is 2.67. The Kier molecular flexibility index (Phi) is 3.69. The predicted molar refractivity (Wildman–Crippen MR) is 57.1 cm³/mol. The molecule has 1 aliphatic heterocycles. The number of hydrogen-bond acceptors (Lipinski definition) is 2. The van der Waals surface area contributed by atoms with Gasteiger partial charge in [-0.2, -0.15) is 0 Å². The summed E-state index contributed by atoms with van der Waals surface area (Å²) in [6.07, 6.45) is 2.29. The van der Waals surface area contributed by atoms with Crippen LogP contribution in [0.5, 0.6) is 0 Å². The molecule has 1 unspecified atom stereocenters. The largest absolute Gasteiger partial charge is 0.380 e. The van der Waals surface area contributed by atoms with E-state index in [0.29, 0.717) is 6.04 Å². The predicted octanol–water partition coefficient (Wildman–Crippen LogP) is 2.09. The molecule has 0 saturated carbocycles. The summed E-state index contributed by atoms with van der Waals surface area (Å²) in [4.78, 5) is 0. The van der Waals surface area contributed by atoms with E-state index in [0.717, 1.165) is 31.7 Å². The fourth-order valence-electron chi connectivity index (χ4n) is 1.77. The molecule has 0 aromatic heterocycles. The number of rotatable bonds is 3. The van der Waals surface area contributed by atoms with E-state index in [1.54, 1.807) is 0 Å². The first-order chi connectivity index (χ1) is 7.34. The third kappa shape index (κ3) is 3.29. The molecule has 1 N–H and O–H groups in total. The van der Waals surface area contributed by atoms with Gasteiger partial charge in [0.15, 0.2) is 0 Å². The number of ether oxygens (including phenoxy) is 1. The maximum absolute atomic E-state index is 12.6. The minimum atomic E-state index is -0.181. The molecule has 0 spiro atoms. The van der Waals surface area contributed by atoms with Crippen LogP contribution in [0.2, 0.25) is 0 Å². The lowest BCUT2D eigenvalue weighted by atomic mass is 10.1. The molecule has 1 atom stereocenters. The van der Waals surface area contributed by atoms with Crippen LogP contribution in [0.25, 0.3) is 0 Å². The van der Waals surface area contributed by atoms with Crippen LogP contribution in [0.4, 0.5) is 4.39 Å². The van der Waals surface area contributed by atoms with Crippen LogP contribution >= 0.6 is 0 Å². The normalized spacial score (nSPS) is 21.5. The van der Waals surface area contributed by atoms with E-state index in [-0.39, 0.29) is 5.82 Å². The molecule has 0 bridgehead atoms. The Hall–Kier alpha value is -0.930. The van der Waals surface area contributed by atoms with E-state index >= 15 is 0 Å². The minimum absolute atomic E-state index is 0.181. The number of benzene rings is 1. The van der Waals surface area contributed by atoms with Gasteiger partial charge in [0.1, 0.15) is 5.82 Å². The van der Waals surface area contributed by atoms with Crippen LogP contribution in [0.15, 0.2) is 24.3 Å². The number of hydrogen-bond donors (Lipinski definition) is 1. The van der Waals surface area contributed by atoms with Gasteiger partial charge < -0.3 is 10.1 Å². The van der Waals surface area contributed by atoms with Gasteiger partial charge in [0, 0.05) is 19.2 Å². The van der Waals surface area contributed by atoms with Crippen molar-refractivity contribution in [3.8, 4) is 0 Å². The van der Waals surface area contributed by atoms with Gasteiger partial charge in [0.2, 0.25) is 0 Å². The quantitative estimate of drug-likeness (QED) is 0.823. The molecule has 2 nitrogen and oxygen atoms in total. The molecule has 1 aromatic carbocycles. The molecule has 2 rings (SSSR count). The molecule has 1 heterocycles. The molecular weight excluding hydrogens is 193 g/mol. The maximum atomic E-state index is 12.6. The van der Waals surface area contributed by atoms with E-state index in [4.69, 9.17) is 4.74 Å². The summed E-state index contributed by atoms with van der Waals surface area (Å²) in [7, 11) is 0. The molecule has 1 aromatic rings. The minimum Gasteiger partial charge on any atom is -0.380 e. The zero-order valence-corrected chi connectivity index (χ0v) is 8.71. The highest BCUT2D eigenvalue weighted by Crippen LogP contribution is 2.08. The van der Waals surface area contributed by atoms with E-state index in [1.165, 1.54) is 18.6 Å². The lowest BCUT2D eigenvalue weighted by Gasteiger charge is -2.23. The second-order valence-corrected chi connectivity index (χ2v) is 3.92. The fourth-order valence-corrected chi connectivity index (χ4v) is 1.77. The lowest BCUT2D eigenvalue weighted by Crippen LogP contribution is -2.36. The van der Waals surface area contributed by atoms with Crippen LogP contribution < -0.4 is 5.32 Å². The first-order valence-corrected chi connectivity index (χ1v) is 5.40.